The summed E-state index contributed by atoms with van der Waals surface area (Å²) in [4.78, 5) is 24.2. The Morgan fingerprint density at radius 1 is 1.32 bits per heavy atom. The normalized spacial score (nSPS) is 10.8. The molecule has 2 aromatic heterocycles. The summed E-state index contributed by atoms with van der Waals surface area (Å²) in [5.74, 6) is -0.295. The minimum Gasteiger partial charge on any atom is -0.324 e. The number of halogens is 1. The molecular formula is C15H13BrN4O2. The van der Waals surface area contributed by atoms with Gasteiger partial charge in [0.25, 0.3) is 0 Å². The Bertz CT molecular complexity index is 913. The molecule has 1 aromatic carbocycles. The maximum absolute atomic E-state index is 12.1. The minimum absolute atomic E-state index is 0.129. The third-order valence-electron chi connectivity index (χ3n) is 3.24. The van der Waals surface area contributed by atoms with Crippen molar-refractivity contribution < 1.29 is 4.79 Å². The van der Waals surface area contributed by atoms with Crippen molar-refractivity contribution in [1.82, 2.24) is 14.2 Å². The monoisotopic (exact) mass is 360 g/mol. The van der Waals surface area contributed by atoms with Gasteiger partial charge in [-0.05, 0) is 42.8 Å². The van der Waals surface area contributed by atoms with E-state index in [1.807, 2.05) is 25.1 Å². The minimum atomic E-state index is -0.335. The molecular weight excluding hydrogens is 348 g/mol. The van der Waals surface area contributed by atoms with Gasteiger partial charge >= 0.3 is 5.69 Å². The summed E-state index contributed by atoms with van der Waals surface area (Å²) in [5, 5.41) is 6.92. The van der Waals surface area contributed by atoms with E-state index in [1.165, 1.54) is 4.40 Å². The van der Waals surface area contributed by atoms with Crippen LogP contribution < -0.4 is 11.0 Å². The quantitative estimate of drug-likeness (QED) is 0.778. The van der Waals surface area contributed by atoms with Crippen LogP contribution in [0.5, 0.6) is 0 Å². The molecule has 2 heterocycles. The third-order valence-corrected chi connectivity index (χ3v) is 3.74. The van der Waals surface area contributed by atoms with E-state index in [1.54, 1.807) is 24.4 Å². The lowest BCUT2D eigenvalue weighted by Gasteiger charge is -2.08. The first-order chi connectivity index (χ1) is 10.5. The zero-order valence-electron chi connectivity index (χ0n) is 11.8. The molecule has 112 valence electrons. The van der Waals surface area contributed by atoms with Crippen molar-refractivity contribution >= 4 is 33.2 Å². The molecule has 0 aliphatic carbocycles. The van der Waals surface area contributed by atoms with Crippen LogP contribution in [0.15, 0.2) is 51.9 Å². The van der Waals surface area contributed by atoms with E-state index >= 15 is 0 Å². The number of benzene rings is 1. The van der Waals surface area contributed by atoms with Crippen LogP contribution in [-0.4, -0.2) is 20.1 Å². The van der Waals surface area contributed by atoms with E-state index in [2.05, 4.69) is 26.3 Å². The van der Waals surface area contributed by atoms with Gasteiger partial charge < -0.3 is 5.32 Å². The largest absolute Gasteiger partial charge is 0.350 e. The van der Waals surface area contributed by atoms with Crippen LogP contribution in [0.4, 0.5) is 5.69 Å². The Balaban J connectivity index is 1.81. The zero-order chi connectivity index (χ0) is 15.7. The summed E-state index contributed by atoms with van der Waals surface area (Å²) >= 11 is 3.37. The summed E-state index contributed by atoms with van der Waals surface area (Å²) in [7, 11) is 0. The first kappa shape index (κ1) is 14.5. The van der Waals surface area contributed by atoms with Gasteiger partial charge in [0.05, 0.1) is 0 Å². The van der Waals surface area contributed by atoms with Gasteiger partial charge in [-0.1, -0.05) is 22.0 Å². The molecule has 0 spiro atoms. The highest BCUT2D eigenvalue weighted by atomic mass is 79.9. The fourth-order valence-corrected chi connectivity index (χ4v) is 2.64. The number of amides is 1. The van der Waals surface area contributed by atoms with Crippen LogP contribution in [0.25, 0.3) is 5.65 Å². The number of fused-ring (bicyclic) bond motifs is 1. The Morgan fingerprint density at radius 3 is 2.86 bits per heavy atom. The number of aryl methyl sites for hydroxylation is 1. The SMILES string of the molecule is Cc1cc(Br)ccc1NC(=O)Cn1nc2ccccn2c1=O. The van der Waals surface area contributed by atoms with Gasteiger partial charge in [0.1, 0.15) is 6.54 Å². The van der Waals surface area contributed by atoms with E-state index in [9.17, 15) is 9.59 Å². The zero-order valence-corrected chi connectivity index (χ0v) is 13.4. The number of hydrogen-bond acceptors (Lipinski definition) is 3. The number of nitrogens with one attached hydrogen (secondary N) is 1. The van der Waals surface area contributed by atoms with E-state index in [0.717, 1.165) is 14.7 Å². The average molecular weight is 361 g/mol. The fourth-order valence-electron chi connectivity index (χ4n) is 2.16. The van der Waals surface area contributed by atoms with Crippen LogP contribution in [0.3, 0.4) is 0 Å². The van der Waals surface area contributed by atoms with Gasteiger partial charge in [0.2, 0.25) is 5.91 Å². The fraction of sp³-hybridized carbons (Fsp3) is 0.133. The number of carbonyl (C=O) groups is 1. The van der Waals surface area contributed by atoms with Crippen LogP contribution in [-0.2, 0) is 11.3 Å². The van der Waals surface area contributed by atoms with Crippen molar-refractivity contribution in [2.24, 2.45) is 0 Å². The molecule has 3 aromatic rings. The molecule has 6 nitrogen and oxygen atoms in total. The van der Waals surface area contributed by atoms with E-state index in [-0.39, 0.29) is 18.1 Å². The van der Waals surface area contributed by atoms with Crippen molar-refractivity contribution in [2.45, 2.75) is 13.5 Å². The summed E-state index contributed by atoms with van der Waals surface area (Å²) in [6, 6.07) is 10.8. The third kappa shape index (κ3) is 2.80. The maximum atomic E-state index is 12.1. The second-order valence-electron chi connectivity index (χ2n) is 4.88. The number of carbonyl (C=O) groups excluding carboxylic acids is 1. The number of nitrogens with zero attached hydrogens (tertiary/aromatic N) is 3. The van der Waals surface area contributed by atoms with Gasteiger partial charge in [-0.2, -0.15) is 0 Å². The highest BCUT2D eigenvalue weighted by Crippen LogP contribution is 2.19. The topological polar surface area (TPSA) is 68.4 Å². The van der Waals surface area contributed by atoms with E-state index in [4.69, 9.17) is 0 Å². The summed E-state index contributed by atoms with van der Waals surface area (Å²) < 4.78 is 3.50. The van der Waals surface area contributed by atoms with Crippen LogP contribution in [0.1, 0.15) is 5.56 Å². The van der Waals surface area contributed by atoms with Gasteiger partial charge in [0.15, 0.2) is 5.65 Å². The predicted octanol–water partition coefficient (Wildman–Crippen LogP) is 2.21. The molecule has 3 rings (SSSR count). The second kappa shape index (κ2) is 5.76. The maximum Gasteiger partial charge on any atom is 0.350 e. The van der Waals surface area contributed by atoms with Crippen LogP contribution >= 0.6 is 15.9 Å². The second-order valence-corrected chi connectivity index (χ2v) is 5.79. The Labute approximate surface area is 134 Å². The lowest BCUT2D eigenvalue weighted by atomic mass is 10.2. The number of rotatable bonds is 3. The highest BCUT2D eigenvalue weighted by molar-refractivity contribution is 9.10. The smallest absolute Gasteiger partial charge is 0.324 e. The van der Waals surface area contributed by atoms with Crippen LogP contribution in [0.2, 0.25) is 0 Å². The first-order valence-electron chi connectivity index (χ1n) is 6.65. The lowest BCUT2D eigenvalue weighted by molar-refractivity contribution is -0.117. The molecule has 7 heteroatoms. The van der Waals surface area contributed by atoms with Gasteiger partial charge in [0, 0.05) is 16.4 Å². The molecule has 0 aliphatic heterocycles. The molecule has 22 heavy (non-hydrogen) atoms. The average Bonchev–Trinajstić information content (AvgIpc) is 2.79. The van der Waals surface area contributed by atoms with Crippen molar-refractivity contribution in [3.8, 4) is 0 Å². The molecule has 0 saturated carbocycles. The molecule has 0 unspecified atom stereocenters. The Kier molecular flexibility index (Phi) is 3.81. The number of anilines is 1. The van der Waals surface area contributed by atoms with Crippen LogP contribution in [0, 0.1) is 6.92 Å². The van der Waals surface area contributed by atoms with Crippen molar-refractivity contribution in [1.29, 1.82) is 0 Å². The number of hydrogen-bond donors (Lipinski definition) is 1. The molecule has 0 radical (unpaired) electrons. The molecule has 0 bridgehead atoms. The van der Waals surface area contributed by atoms with Crippen molar-refractivity contribution in [3.05, 3.63) is 63.1 Å². The number of aromatic nitrogens is 3. The van der Waals surface area contributed by atoms with E-state index in [0.29, 0.717) is 11.3 Å². The van der Waals surface area contributed by atoms with E-state index < -0.39 is 0 Å². The molecule has 1 N–H and O–H groups in total. The van der Waals surface area contributed by atoms with Gasteiger partial charge in [-0.3, -0.25) is 9.20 Å². The lowest BCUT2D eigenvalue weighted by Crippen LogP contribution is -2.28. The summed E-state index contributed by atoms with van der Waals surface area (Å²) in [6.07, 6.45) is 1.62. The molecule has 1 amide bonds. The van der Waals surface area contributed by atoms with Gasteiger partial charge in [-0.15, -0.1) is 5.10 Å². The predicted molar refractivity (Wildman–Crippen MR) is 87.0 cm³/mol. The highest BCUT2D eigenvalue weighted by Gasteiger charge is 2.11. The molecule has 0 saturated heterocycles. The number of pyridine rings is 1. The van der Waals surface area contributed by atoms with Gasteiger partial charge in [-0.25, -0.2) is 9.48 Å². The molecule has 0 fully saturated rings. The standard InChI is InChI=1S/C15H13BrN4O2/c1-10-8-11(16)5-6-12(10)17-14(21)9-20-15(22)19-7-3-2-4-13(19)18-20/h2-8H,9H2,1H3,(H,17,21). The summed E-state index contributed by atoms with van der Waals surface area (Å²) in [5.41, 5.74) is 1.83. The van der Waals surface area contributed by atoms with Crippen molar-refractivity contribution in [3.63, 3.8) is 0 Å². The Morgan fingerprint density at radius 2 is 2.14 bits per heavy atom. The Hall–Kier alpha value is -2.41. The first-order valence-corrected chi connectivity index (χ1v) is 7.44. The summed E-state index contributed by atoms with van der Waals surface area (Å²) in [6.45, 7) is 1.77. The van der Waals surface area contributed by atoms with Crippen molar-refractivity contribution in [2.75, 3.05) is 5.32 Å². The molecule has 0 atom stereocenters. The molecule has 0 aliphatic rings.